The van der Waals surface area contributed by atoms with Gasteiger partial charge in [-0.15, -0.1) is 0 Å². The Morgan fingerprint density at radius 3 is 2.61 bits per heavy atom. The zero-order chi connectivity index (χ0) is 16.2. The predicted octanol–water partition coefficient (Wildman–Crippen LogP) is 4.32. The number of carbonyl (C=O) groups is 1. The van der Waals surface area contributed by atoms with Crippen LogP contribution in [0.5, 0.6) is 0 Å². The molecule has 1 aliphatic heterocycles. The molecule has 2 unspecified atom stereocenters. The highest BCUT2D eigenvalue weighted by Gasteiger charge is 2.22. The van der Waals surface area contributed by atoms with Crippen LogP contribution in [0.15, 0.2) is 18.2 Å². The Morgan fingerprint density at radius 2 is 1.87 bits per heavy atom. The van der Waals surface area contributed by atoms with Crippen molar-refractivity contribution in [3.63, 3.8) is 0 Å². The zero-order valence-electron chi connectivity index (χ0n) is 14.5. The van der Waals surface area contributed by atoms with Gasteiger partial charge in [-0.05, 0) is 56.9 Å². The van der Waals surface area contributed by atoms with Crippen LogP contribution >= 0.6 is 0 Å². The van der Waals surface area contributed by atoms with E-state index in [-0.39, 0.29) is 11.8 Å². The summed E-state index contributed by atoms with van der Waals surface area (Å²) < 4.78 is 0. The highest BCUT2D eigenvalue weighted by Crippen LogP contribution is 2.27. The van der Waals surface area contributed by atoms with Gasteiger partial charge in [0.2, 0.25) is 0 Å². The summed E-state index contributed by atoms with van der Waals surface area (Å²) in [7, 11) is 0. The maximum Gasteiger partial charge on any atom is 0.179 e. The van der Waals surface area contributed by atoms with Crippen LogP contribution in [0.2, 0.25) is 0 Å². The van der Waals surface area contributed by atoms with Crippen molar-refractivity contribution >= 4 is 11.5 Å². The number of rotatable bonds is 4. The van der Waals surface area contributed by atoms with Crippen LogP contribution in [0.25, 0.3) is 0 Å². The van der Waals surface area contributed by atoms with Gasteiger partial charge in [-0.2, -0.15) is 0 Å². The van der Waals surface area contributed by atoms with E-state index in [1.807, 2.05) is 13.0 Å². The molecule has 0 saturated heterocycles. The van der Waals surface area contributed by atoms with Crippen LogP contribution in [0.3, 0.4) is 0 Å². The van der Waals surface area contributed by atoms with Crippen molar-refractivity contribution in [1.82, 2.24) is 5.32 Å². The molecule has 126 valence electrons. The lowest BCUT2D eigenvalue weighted by atomic mass is 9.95. The van der Waals surface area contributed by atoms with E-state index in [9.17, 15) is 4.79 Å². The second-order valence-electron chi connectivity index (χ2n) is 7.42. The summed E-state index contributed by atoms with van der Waals surface area (Å²) in [5.74, 6) is 0.231. The molecule has 2 atom stereocenters. The molecule has 2 aliphatic rings. The first-order valence-electron chi connectivity index (χ1n) is 9.33. The molecular formula is C20H30N2O. The highest BCUT2D eigenvalue weighted by molar-refractivity contribution is 6.00. The number of anilines is 1. The largest absolute Gasteiger partial charge is 0.382 e. The fourth-order valence-electron chi connectivity index (χ4n) is 4.01. The summed E-state index contributed by atoms with van der Waals surface area (Å²) in [6.07, 6.45) is 10.1. The molecule has 3 rings (SSSR count). The number of hydrogen-bond acceptors (Lipinski definition) is 3. The lowest BCUT2D eigenvalue weighted by molar-refractivity contribution is 0.0941. The first-order chi connectivity index (χ1) is 11.1. The number of benzene rings is 1. The number of nitrogens with one attached hydrogen (secondary N) is 2. The molecule has 1 heterocycles. The Bertz CT molecular complexity index is 547. The molecule has 1 saturated carbocycles. The Hall–Kier alpha value is -1.35. The van der Waals surface area contributed by atoms with Crippen LogP contribution in [-0.4, -0.2) is 23.9 Å². The van der Waals surface area contributed by atoms with E-state index in [1.54, 1.807) is 0 Å². The standard InChI is InChI=1S/C20H30N2O/c1-14-12-17-13-16(10-11-19(17)21-14)20(23)15(2)22-18-8-6-4-3-5-7-9-18/h10-11,13-15,18,21-22H,3-9,12H2,1-2H3. The molecular weight excluding hydrogens is 284 g/mol. The lowest BCUT2D eigenvalue weighted by Gasteiger charge is -2.24. The SMILES string of the molecule is CC1Cc2cc(C(=O)C(C)NC3CCCCCCC3)ccc2N1. The van der Waals surface area contributed by atoms with Crippen molar-refractivity contribution in [3.8, 4) is 0 Å². The van der Waals surface area contributed by atoms with Gasteiger partial charge < -0.3 is 10.6 Å². The summed E-state index contributed by atoms with van der Waals surface area (Å²) in [6.45, 7) is 4.20. The van der Waals surface area contributed by atoms with Gasteiger partial charge >= 0.3 is 0 Å². The maximum atomic E-state index is 12.8. The first-order valence-corrected chi connectivity index (χ1v) is 9.33. The topological polar surface area (TPSA) is 41.1 Å². The Morgan fingerprint density at radius 1 is 1.17 bits per heavy atom. The molecule has 1 aliphatic carbocycles. The van der Waals surface area contributed by atoms with Crippen molar-refractivity contribution in [2.75, 3.05) is 5.32 Å². The van der Waals surface area contributed by atoms with Crippen molar-refractivity contribution < 1.29 is 4.79 Å². The third-order valence-corrected chi connectivity index (χ3v) is 5.30. The van der Waals surface area contributed by atoms with E-state index in [0.29, 0.717) is 12.1 Å². The average molecular weight is 314 g/mol. The maximum absolute atomic E-state index is 12.8. The minimum absolute atomic E-state index is 0.0933. The van der Waals surface area contributed by atoms with Gasteiger partial charge in [0.15, 0.2) is 5.78 Å². The average Bonchev–Trinajstić information content (AvgIpc) is 2.88. The Balaban J connectivity index is 1.62. The molecule has 23 heavy (non-hydrogen) atoms. The molecule has 0 aromatic heterocycles. The van der Waals surface area contributed by atoms with Gasteiger partial charge in [0.1, 0.15) is 0 Å². The van der Waals surface area contributed by atoms with E-state index in [1.165, 1.54) is 56.2 Å². The summed E-state index contributed by atoms with van der Waals surface area (Å²) in [5, 5.41) is 7.04. The monoisotopic (exact) mass is 314 g/mol. The predicted molar refractivity (Wildman–Crippen MR) is 96.3 cm³/mol. The molecule has 0 amide bonds. The third-order valence-electron chi connectivity index (χ3n) is 5.30. The fraction of sp³-hybridized carbons (Fsp3) is 0.650. The number of ketones is 1. The van der Waals surface area contributed by atoms with E-state index >= 15 is 0 Å². The van der Waals surface area contributed by atoms with Crippen LogP contribution < -0.4 is 10.6 Å². The van der Waals surface area contributed by atoms with E-state index in [2.05, 4.69) is 29.7 Å². The Labute approximate surface area is 140 Å². The van der Waals surface area contributed by atoms with Crippen LogP contribution in [0.1, 0.15) is 74.7 Å². The third kappa shape index (κ3) is 4.14. The Kier molecular flexibility index (Phi) is 5.37. The molecule has 3 heteroatoms. The molecule has 1 aromatic carbocycles. The smallest absolute Gasteiger partial charge is 0.179 e. The minimum Gasteiger partial charge on any atom is -0.382 e. The normalized spacial score (nSPS) is 23.5. The van der Waals surface area contributed by atoms with Gasteiger partial charge in [0, 0.05) is 23.3 Å². The summed E-state index contributed by atoms with van der Waals surface area (Å²) in [6, 6.07) is 7.01. The van der Waals surface area contributed by atoms with Crippen molar-refractivity contribution in [1.29, 1.82) is 0 Å². The molecule has 1 fully saturated rings. The van der Waals surface area contributed by atoms with E-state index < -0.39 is 0 Å². The van der Waals surface area contributed by atoms with Crippen molar-refractivity contribution in [2.24, 2.45) is 0 Å². The molecule has 0 spiro atoms. The minimum atomic E-state index is -0.0933. The van der Waals surface area contributed by atoms with Gasteiger partial charge in [0.05, 0.1) is 6.04 Å². The van der Waals surface area contributed by atoms with Crippen LogP contribution in [0, 0.1) is 0 Å². The van der Waals surface area contributed by atoms with Gasteiger partial charge in [-0.25, -0.2) is 0 Å². The number of Topliss-reactive ketones (excluding diaryl/α,β-unsaturated/α-hetero) is 1. The van der Waals surface area contributed by atoms with E-state index in [0.717, 1.165) is 12.0 Å². The van der Waals surface area contributed by atoms with Crippen molar-refractivity contribution in [3.05, 3.63) is 29.3 Å². The molecule has 3 nitrogen and oxygen atoms in total. The first kappa shape index (κ1) is 16.5. The zero-order valence-corrected chi connectivity index (χ0v) is 14.5. The molecule has 1 aromatic rings. The van der Waals surface area contributed by atoms with Crippen LogP contribution in [0.4, 0.5) is 5.69 Å². The highest BCUT2D eigenvalue weighted by atomic mass is 16.1. The van der Waals surface area contributed by atoms with Crippen LogP contribution in [-0.2, 0) is 6.42 Å². The molecule has 2 N–H and O–H groups in total. The quantitative estimate of drug-likeness (QED) is 0.813. The van der Waals surface area contributed by atoms with Gasteiger partial charge in [0.25, 0.3) is 0 Å². The number of hydrogen-bond donors (Lipinski definition) is 2. The van der Waals surface area contributed by atoms with E-state index in [4.69, 9.17) is 0 Å². The number of fused-ring (bicyclic) bond motifs is 1. The second-order valence-corrected chi connectivity index (χ2v) is 7.42. The molecule has 0 radical (unpaired) electrons. The fourth-order valence-corrected chi connectivity index (χ4v) is 4.01. The van der Waals surface area contributed by atoms with Gasteiger partial charge in [-0.3, -0.25) is 4.79 Å². The lowest BCUT2D eigenvalue weighted by Crippen LogP contribution is -2.41. The summed E-state index contributed by atoms with van der Waals surface area (Å²) in [4.78, 5) is 12.8. The van der Waals surface area contributed by atoms with Crippen molar-refractivity contribution in [2.45, 2.75) is 83.3 Å². The molecule has 0 bridgehead atoms. The second kappa shape index (κ2) is 7.48. The number of carbonyl (C=O) groups excluding carboxylic acids is 1. The summed E-state index contributed by atoms with van der Waals surface area (Å²) >= 11 is 0. The summed E-state index contributed by atoms with van der Waals surface area (Å²) in [5.41, 5.74) is 3.32. The van der Waals surface area contributed by atoms with Gasteiger partial charge in [-0.1, -0.05) is 32.1 Å².